The molecule has 0 radical (unpaired) electrons. The third-order valence-corrected chi connectivity index (χ3v) is 3.52. The van der Waals surface area contributed by atoms with Crippen LogP contribution in [0.4, 0.5) is 0 Å². The molecule has 0 fully saturated rings. The standard InChI is InChI=1S/C20H18O2/c1-3-13-21-19-15-9-5-7-11-17(15)20(22-14-4-2)18-12-8-6-10-16(18)19/h3-12H,1-2,13-14H2. The van der Waals surface area contributed by atoms with E-state index in [4.69, 9.17) is 9.47 Å². The molecular weight excluding hydrogens is 272 g/mol. The van der Waals surface area contributed by atoms with E-state index in [1.165, 1.54) is 0 Å². The van der Waals surface area contributed by atoms with Gasteiger partial charge >= 0.3 is 0 Å². The van der Waals surface area contributed by atoms with Crippen LogP contribution in [0.1, 0.15) is 0 Å². The predicted molar refractivity (Wildman–Crippen MR) is 92.8 cm³/mol. The first-order chi connectivity index (χ1) is 10.9. The zero-order valence-electron chi connectivity index (χ0n) is 12.4. The summed E-state index contributed by atoms with van der Waals surface area (Å²) in [6.07, 6.45) is 3.51. The highest BCUT2D eigenvalue weighted by Gasteiger charge is 2.15. The lowest BCUT2D eigenvalue weighted by Crippen LogP contribution is -1.99. The summed E-state index contributed by atoms with van der Waals surface area (Å²) in [5.41, 5.74) is 0. The largest absolute Gasteiger partial charge is 0.488 e. The third-order valence-electron chi connectivity index (χ3n) is 3.52. The molecule has 0 atom stereocenters. The average Bonchev–Trinajstić information content (AvgIpc) is 2.58. The third kappa shape index (κ3) is 2.44. The molecule has 0 aliphatic carbocycles. The lowest BCUT2D eigenvalue weighted by atomic mass is 10.0. The molecule has 0 amide bonds. The first-order valence-corrected chi connectivity index (χ1v) is 7.27. The molecule has 2 heteroatoms. The highest BCUT2D eigenvalue weighted by molar-refractivity contribution is 6.11. The van der Waals surface area contributed by atoms with Crippen LogP contribution in [0.25, 0.3) is 21.5 Å². The van der Waals surface area contributed by atoms with E-state index in [-0.39, 0.29) is 0 Å². The van der Waals surface area contributed by atoms with Gasteiger partial charge in [0.15, 0.2) is 0 Å². The highest BCUT2D eigenvalue weighted by Crippen LogP contribution is 2.42. The summed E-state index contributed by atoms with van der Waals surface area (Å²) in [4.78, 5) is 0. The molecule has 3 rings (SSSR count). The number of hydrogen-bond acceptors (Lipinski definition) is 2. The van der Waals surface area contributed by atoms with Gasteiger partial charge in [0.05, 0.1) is 0 Å². The minimum atomic E-state index is 0.473. The van der Waals surface area contributed by atoms with E-state index in [0.717, 1.165) is 33.0 Å². The molecule has 0 bridgehead atoms. The summed E-state index contributed by atoms with van der Waals surface area (Å²) in [6, 6.07) is 16.3. The molecule has 0 heterocycles. The second-order valence-corrected chi connectivity index (χ2v) is 4.95. The Morgan fingerprint density at radius 3 is 1.23 bits per heavy atom. The molecular formula is C20H18O2. The fourth-order valence-corrected chi connectivity index (χ4v) is 2.64. The van der Waals surface area contributed by atoms with Gasteiger partial charge < -0.3 is 9.47 Å². The van der Waals surface area contributed by atoms with Gasteiger partial charge in [0.1, 0.15) is 24.7 Å². The van der Waals surface area contributed by atoms with Gasteiger partial charge in [-0.3, -0.25) is 0 Å². The summed E-state index contributed by atoms with van der Waals surface area (Å²) in [7, 11) is 0. The van der Waals surface area contributed by atoms with E-state index in [1.54, 1.807) is 12.2 Å². The number of benzene rings is 3. The van der Waals surface area contributed by atoms with Crippen molar-refractivity contribution in [3.8, 4) is 11.5 Å². The summed E-state index contributed by atoms with van der Waals surface area (Å²) in [5.74, 6) is 1.74. The van der Waals surface area contributed by atoms with Gasteiger partial charge in [-0.25, -0.2) is 0 Å². The van der Waals surface area contributed by atoms with Crippen molar-refractivity contribution < 1.29 is 9.47 Å². The molecule has 0 spiro atoms. The van der Waals surface area contributed by atoms with Crippen LogP contribution in [0.5, 0.6) is 11.5 Å². The Kier molecular flexibility index (Phi) is 4.10. The molecule has 0 saturated heterocycles. The van der Waals surface area contributed by atoms with Crippen LogP contribution in [0, 0.1) is 0 Å². The number of hydrogen-bond donors (Lipinski definition) is 0. The van der Waals surface area contributed by atoms with Crippen molar-refractivity contribution in [2.75, 3.05) is 13.2 Å². The van der Waals surface area contributed by atoms with Crippen LogP contribution < -0.4 is 9.47 Å². The lowest BCUT2D eigenvalue weighted by molar-refractivity contribution is 0.365. The number of fused-ring (bicyclic) bond motifs is 2. The van der Waals surface area contributed by atoms with Crippen LogP contribution in [0.2, 0.25) is 0 Å². The molecule has 3 aromatic carbocycles. The van der Waals surface area contributed by atoms with E-state index in [0.29, 0.717) is 13.2 Å². The zero-order chi connectivity index (χ0) is 15.4. The van der Waals surface area contributed by atoms with Crippen molar-refractivity contribution >= 4 is 21.5 Å². The van der Waals surface area contributed by atoms with Crippen LogP contribution >= 0.6 is 0 Å². The lowest BCUT2D eigenvalue weighted by Gasteiger charge is -2.16. The molecule has 0 aliphatic heterocycles. The molecule has 0 N–H and O–H groups in total. The van der Waals surface area contributed by atoms with Crippen molar-refractivity contribution in [2.45, 2.75) is 0 Å². The minimum absolute atomic E-state index is 0.473. The van der Waals surface area contributed by atoms with Crippen LogP contribution in [0.3, 0.4) is 0 Å². The first-order valence-electron chi connectivity index (χ1n) is 7.27. The van der Waals surface area contributed by atoms with E-state index in [2.05, 4.69) is 37.4 Å². The maximum Gasteiger partial charge on any atom is 0.135 e. The monoisotopic (exact) mass is 290 g/mol. The van der Waals surface area contributed by atoms with Crippen molar-refractivity contribution in [3.05, 3.63) is 73.8 Å². The molecule has 0 saturated carbocycles. The molecule has 0 aliphatic rings. The fourth-order valence-electron chi connectivity index (χ4n) is 2.64. The smallest absolute Gasteiger partial charge is 0.135 e. The molecule has 3 aromatic rings. The average molecular weight is 290 g/mol. The molecule has 0 unspecified atom stereocenters. The number of ether oxygens (including phenoxy) is 2. The van der Waals surface area contributed by atoms with E-state index in [1.807, 2.05) is 24.3 Å². The van der Waals surface area contributed by atoms with Gasteiger partial charge in [-0.2, -0.15) is 0 Å². The molecule has 110 valence electrons. The van der Waals surface area contributed by atoms with E-state index in [9.17, 15) is 0 Å². The van der Waals surface area contributed by atoms with Crippen molar-refractivity contribution in [2.24, 2.45) is 0 Å². The van der Waals surface area contributed by atoms with Gasteiger partial charge in [-0.1, -0.05) is 73.8 Å². The topological polar surface area (TPSA) is 18.5 Å². The van der Waals surface area contributed by atoms with Crippen LogP contribution in [-0.2, 0) is 0 Å². The summed E-state index contributed by atoms with van der Waals surface area (Å²) in [6.45, 7) is 8.41. The maximum atomic E-state index is 5.95. The number of rotatable bonds is 6. The van der Waals surface area contributed by atoms with Gasteiger partial charge in [0.2, 0.25) is 0 Å². The first kappa shape index (κ1) is 14.2. The van der Waals surface area contributed by atoms with Crippen molar-refractivity contribution in [1.82, 2.24) is 0 Å². The van der Waals surface area contributed by atoms with Crippen LogP contribution in [0.15, 0.2) is 73.8 Å². The Balaban J connectivity index is 2.36. The van der Waals surface area contributed by atoms with Gasteiger partial charge in [-0.15, -0.1) is 0 Å². The summed E-state index contributed by atoms with van der Waals surface area (Å²) in [5, 5.41) is 4.17. The van der Waals surface area contributed by atoms with Crippen molar-refractivity contribution in [3.63, 3.8) is 0 Å². The Hall–Kier alpha value is -2.74. The Morgan fingerprint density at radius 2 is 0.955 bits per heavy atom. The SMILES string of the molecule is C=CCOc1c2ccccc2c(OCC=C)c2ccccc12. The Labute approximate surface area is 130 Å². The molecule has 2 nitrogen and oxygen atoms in total. The van der Waals surface area contributed by atoms with Crippen LogP contribution in [-0.4, -0.2) is 13.2 Å². The summed E-state index contributed by atoms with van der Waals surface area (Å²) < 4.78 is 11.9. The predicted octanol–water partition coefficient (Wildman–Crippen LogP) is 5.12. The summed E-state index contributed by atoms with van der Waals surface area (Å²) >= 11 is 0. The van der Waals surface area contributed by atoms with Gasteiger partial charge in [0.25, 0.3) is 0 Å². The minimum Gasteiger partial charge on any atom is -0.488 e. The zero-order valence-corrected chi connectivity index (χ0v) is 12.4. The van der Waals surface area contributed by atoms with Gasteiger partial charge in [0, 0.05) is 21.5 Å². The van der Waals surface area contributed by atoms with Gasteiger partial charge in [-0.05, 0) is 0 Å². The molecule has 22 heavy (non-hydrogen) atoms. The molecule has 0 aromatic heterocycles. The second kappa shape index (κ2) is 6.35. The second-order valence-electron chi connectivity index (χ2n) is 4.95. The normalized spacial score (nSPS) is 10.5. The quantitative estimate of drug-likeness (QED) is 0.463. The van der Waals surface area contributed by atoms with E-state index < -0.39 is 0 Å². The highest BCUT2D eigenvalue weighted by atomic mass is 16.5. The van der Waals surface area contributed by atoms with E-state index >= 15 is 0 Å². The fraction of sp³-hybridized carbons (Fsp3) is 0.100. The Bertz CT molecular complexity index is 707. The maximum absolute atomic E-state index is 5.95. The van der Waals surface area contributed by atoms with Crippen molar-refractivity contribution in [1.29, 1.82) is 0 Å². The Morgan fingerprint density at radius 1 is 0.636 bits per heavy atom.